The molecule has 0 unspecified atom stereocenters. The van der Waals surface area contributed by atoms with Crippen LogP contribution in [0.1, 0.15) is 0 Å². The summed E-state index contributed by atoms with van der Waals surface area (Å²) in [6, 6.07) is -0.606. The second kappa shape index (κ2) is 1.58. The van der Waals surface area contributed by atoms with E-state index in [1.54, 1.807) is 0 Å². The standard InChI is InChI=1S/C2H5N2O/c1-4-2(3)5/h1H2,(H3,3,4,5). The Hall–Kier alpha value is -0.730. The summed E-state index contributed by atoms with van der Waals surface area (Å²) in [5.41, 5.74) is 4.48. The van der Waals surface area contributed by atoms with Gasteiger partial charge < -0.3 is 11.1 Å². The van der Waals surface area contributed by atoms with Crippen LogP contribution < -0.4 is 11.1 Å². The van der Waals surface area contributed by atoms with Crippen LogP contribution in [0.3, 0.4) is 0 Å². The van der Waals surface area contributed by atoms with Crippen LogP contribution in [0.2, 0.25) is 0 Å². The molecule has 0 heterocycles. The zero-order valence-corrected chi connectivity index (χ0v) is 2.69. The minimum absolute atomic E-state index is 0.606. The predicted octanol–water partition coefficient (Wildman–Crippen LogP) is -0.554. The fraction of sp³-hybridized carbons (Fsp3) is 0. The molecule has 1 radical (unpaired) electrons. The molecule has 0 saturated carbocycles. The third-order valence-electron chi connectivity index (χ3n) is 0.174. The van der Waals surface area contributed by atoms with Crippen molar-refractivity contribution in [2.45, 2.75) is 0 Å². The summed E-state index contributed by atoms with van der Waals surface area (Å²) >= 11 is 0. The molecule has 0 aromatic rings. The molecule has 0 aromatic heterocycles. The van der Waals surface area contributed by atoms with Crippen molar-refractivity contribution in [3.8, 4) is 0 Å². The maximum absolute atomic E-state index is 9.42. The van der Waals surface area contributed by atoms with Crippen LogP contribution in [-0.2, 0) is 0 Å². The van der Waals surface area contributed by atoms with Crippen LogP contribution in [0, 0.1) is 7.05 Å². The van der Waals surface area contributed by atoms with Crippen molar-refractivity contribution in [1.82, 2.24) is 5.32 Å². The number of urea groups is 1. The summed E-state index contributed by atoms with van der Waals surface area (Å²) < 4.78 is 0. The number of nitrogens with two attached hydrogens (primary N) is 1. The molecule has 0 fully saturated rings. The Morgan fingerprint density at radius 3 is 2.20 bits per heavy atom. The minimum atomic E-state index is -0.606. The van der Waals surface area contributed by atoms with Crippen molar-refractivity contribution < 1.29 is 4.79 Å². The molecule has 0 rings (SSSR count). The number of rotatable bonds is 0. The Morgan fingerprint density at radius 1 is 2.00 bits per heavy atom. The van der Waals surface area contributed by atoms with Gasteiger partial charge in [0.15, 0.2) is 0 Å². The third kappa shape index (κ3) is 3.27. The van der Waals surface area contributed by atoms with Gasteiger partial charge in [0.25, 0.3) is 0 Å². The topological polar surface area (TPSA) is 55.1 Å². The van der Waals surface area contributed by atoms with Gasteiger partial charge in [0.05, 0.1) is 0 Å². The molecule has 3 N–H and O–H groups in total. The van der Waals surface area contributed by atoms with Gasteiger partial charge in [-0.3, -0.25) is 0 Å². The molecule has 3 heteroatoms. The van der Waals surface area contributed by atoms with E-state index in [1.165, 1.54) is 0 Å². The molecule has 0 saturated heterocycles. The Bertz CT molecular complexity index is 42.9. The SMILES string of the molecule is [CH2]NC(N)=O. The zero-order valence-electron chi connectivity index (χ0n) is 2.69. The van der Waals surface area contributed by atoms with Crippen molar-refractivity contribution >= 4 is 6.03 Å². The van der Waals surface area contributed by atoms with E-state index in [1.807, 2.05) is 5.32 Å². The van der Waals surface area contributed by atoms with Crippen LogP contribution in [-0.4, -0.2) is 6.03 Å². The first-order valence-corrected chi connectivity index (χ1v) is 1.10. The number of amides is 2. The third-order valence-corrected chi connectivity index (χ3v) is 0.174. The maximum atomic E-state index is 9.42. The number of carbonyl (C=O) groups excluding carboxylic acids is 1. The van der Waals surface area contributed by atoms with E-state index in [4.69, 9.17) is 0 Å². The van der Waals surface area contributed by atoms with Crippen LogP contribution in [0.25, 0.3) is 0 Å². The van der Waals surface area contributed by atoms with E-state index in [0.29, 0.717) is 0 Å². The van der Waals surface area contributed by atoms with Crippen molar-refractivity contribution in [1.29, 1.82) is 0 Å². The van der Waals surface area contributed by atoms with Crippen LogP contribution in [0.4, 0.5) is 4.79 Å². The average molecular weight is 73.1 g/mol. The van der Waals surface area contributed by atoms with E-state index >= 15 is 0 Å². The molecule has 0 atom stereocenters. The molecular weight excluding hydrogens is 68.0 g/mol. The zero-order chi connectivity index (χ0) is 4.28. The van der Waals surface area contributed by atoms with Crippen LogP contribution >= 0.6 is 0 Å². The molecule has 0 aromatic carbocycles. The number of hydrogen-bond donors (Lipinski definition) is 2. The molecular formula is C2H5N2O. The second-order valence-corrected chi connectivity index (χ2v) is 0.541. The van der Waals surface area contributed by atoms with Gasteiger partial charge in [-0.15, -0.1) is 0 Å². The highest BCUT2D eigenvalue weighted by molar-refractivity contribution is 5.71. The van der Waals surface area contributed by atoms with E-state index in [0.717, 1.165) is 0 Å². The number of primary amides is 1. The van der Waals surface area contributed by atoms with Crippen molar-refractivity contribution in [2.75, 3.05) is 0 Å². The smallest absolute Gasteiger partial charge is 0.312 e. The Kier molecular flexibility index (Phi) is 1.35. The van der Waals surface area contributed by atoms with E-state index < -0.39 is 6.03 Å². The fourth-order valence-electron chi connectivity index (χ4n) is 0. The quantitative estimate of drug-likeness (QED) is 0.397. The normalized spacial score (nSPS) is 6.60. The molecule has 29 valence electrons. The summed E-state index contributed by atoms with van der Waals surface area (Å²) in [6.45, 7) is 0. The molecule has 2 amide bonds. The summed E-state index contributed by atoms with van der Waals surface area (Å²) in [4.78, 5) is 9.42. The number of carbonyl (C=O) groups is 1. The number of nitrogens with one attached hydrogen (secondary N) is 1. The summed E-state index contributed by atoms with van der Waals surface area (Å²) in [5, 5.41) is 1.92. The lowest BCUT2D eigenvalue weighted by atomic mass is 11.1. The molecule has 0 aliphatic heterocycles. The summed E-state index contributed by atoms with van der Waals surface area (Å²) in [5.74, 6) is 0. The van der Waals surface area contributed by atoms with Gasteiger partial charge in [-0.25, -0.2) is 4.79 Å². The highest BCUT2D eigenvalue weighted by Gasteiger charge is 1.73. The van der Waals surface area contributed by atoms with Crippen molar-refractivity contribution in [3.05, 3.63) is 7.05 Å². The lowest BCUT2D eigenvalue weighted by molar-refractivity contribution is 0.252. The molecule has 5 heavy (non-hydrogen) atoms. The first-order valence-electron chi connectivity index (χ1n) is 1.10. The van der Waals surface area contributed by atoms with E-state index in [9.17, 15) is 4.79 Å². The minimum Gasteiger partial charge on any atom is -0.352 e. The van der Waals surface area contributed by atoms with Gasteiger partial charge in [0.1, 0.15) is 0 Å². The van der Waals surface area contributed by atoms with Gasteiger partial charge in [0.2, 0.25) is 0 Å². The molecule has 0 aliphatic rings. The van der Waals surface area contributed by atoms with Crippen LogP contribution in [0.15, 0.2) is 0 Å². The van der Waals surface area contributed by atoms with Crippen LogP contribution in [0.5, 0.6) is 0 Å². The number of hydrogen-bond acceptors (Lipinski definition) is 1. The van der Waals surface area contributed by atoms with Gasteiger partial charge in [0, 0.05) is 7.05 Å². The lowest BCUT2D eigenvalue weighted by Gasteiger charge is -1.80. The monoisotopic (exact) mass is 73.0 g/mol. The highest BCUT2D eigenvalue weighted by atomic mass is 16.2. The summed E-state index contributed by atoms with van der Waals surface area (Å²) in [7, 11) is 2.96. The van der Waals surface area contributed by atoms with Gasteiger partial charge in [-0.05, 0) is 0 Å². The Labute approximate surface area is 30.2 Å². The molecule has 0 bridgehead atoms. The van der Waals surface area contributed by atoms with Crippen molar-refractivity contribution in [3.63, 3.8) is 0 Å². The predicted molar refractivity (Wildman–Crippen MR) is 18.1 cm³/mol. The first-order chi connectivity index (χ1) is 2.27. The fourth-order valence-corrected chi connectivity index (χ4v) is 0. The Balaban J connectivity index is 2.85. The first kappa shape index (κ1) is 4.27. The molecule has 0 spiro atoms. The van der Waals surface area contributed by atoms with Crippen molar-refractivity contribution in [2.24, 2.45) is 5.73 Å². The molecule has 0 aliphatic carbocycles. The second-order valence-electron chi connectivity index (χ2n) is 0.541. The maximum Gasteiger partial charge on any atom is 0.312 e. The molecule has 3 nitrogen and oxygen atoms in total. The van der Waals surface area contributed by atoms with E-state index in [2.05, 4.69) is 12.8 Å². The largest absolute Gasteiger partial charge is 0.352 e. The van der Waals surface area contributed by atoms with Gasteiger partial charge in [-0.2, -0.15) is 0 Å². The lowest BCUT2D eigenvalue weighted by Crippen LogP contribution is -2.22. The van der Waals surface area contributed by atoms with Gasteiger partial charge in [-0.1, -0.05) is 0 Å². The summed E-state index contributed by atoms with van der Waals surface area (Å²) in [6.07, 6.45) is 0. The van der Waals surface area contributed by atoms with E-state index in [-0.39, 0.29) is 0 Å². The van der Waals surface area contributed by atoms with Gasteiger partial charge >= 0.3 is 6.03 Å². The highest BCUT2D eigenvalue weighted by Crippen LogP contribution is 1.41. The average Bonchev–Trinajstić information content (AvgIpc) is 1.38. The Morgan fingerprint density at radius 2 is 2.20 bits per heavy atom.